The largest absolute Gasteiger partial charge is 0.347 e. The first kappa shape index (κ1) is 12.9. The van der Waals surface area contributed by atoms with Gasteiger partial charge in [-0.05, 0) is 24.9 Å². The molecule has 0 spiro atoms. The molecule has 1 N–H and O–H groups in total. The van der Waals surface area contributed by atoms with Gasteiger partial charge >= 0.3 is 0 Å². The Labute approximate surface area is 98.1 Å². The maximum Gasteiger partial charge on any atom is 0.225 e. The molecule has 0 aliphatic heterocycles. The summed E-state index contributed by atoms with van der Waals surface area (Å²) in [5.41, 5.74) is 1.04. The normalized spacial score (nSPS) is 10.8. The molecule has 0 bridgehead atoms. The molecule has 0 fully saturated rings. The maximum absolute atomic E-state index is 4.44. The van der Waals surface area contributed by atoms with Crippen LogP contribution < -0.4 is 10.2 Å². The molecule has 0 unspecified atom stereocenters. The topological polar surface area (TPSA) is 41.1 Å². The van der Waals surface area contributed by atoms with Crippen LogP contribution in [0.15, 0.2) is 12.3 Å². The van der Waals surface area contributed by atoms with Crippen molar-refractivity contribution in [2.24, 2.45) is 5.92 Å². The Morgan fingerprint density at radius 2 is 2.12 bits per heavy atom. The molecule has 16 heavy (non-hydrogen) atoms. The minimum Gasteiger partial charge on any atom is -0.347 e. The summed E-state index contributed by atoms with van der Waals surface area (Å²) in [4.78, 5) is 10.5. The van der Waals surface area contributed by atoms with Crippen LogP contribution in [0.2, 0.25) is 0 Å². The Kier molecular flexibility index (Phi) is 5.19. The summed E-state index contributed by atoms with van der Waals surface area (Å²) >= 11 is 0. The zero-order chi connectivity index (χ0) is 12.0. The van der Waals surface area contributed by atoms with Crippen molar-refractivity contribution >= 4 is 5.95 Å². The third-order valence-corrected chi connectivity index (χ3v) is 2.31. The lowest BCUT2D eigenvalue weighted by Crippen LogP contribution is -2.19. The minimum absolute atomic E-state index is 0.746. The van der Waals surface area contributed by atoms with Crippen molar-refractivity contribution in [3.63, 3.8) is 0 Å². The molecule has 0 aliphatic rings. The van der Waals surface area contributed by atoms with E-state index >= 15 is 0 Å². The maximum atomic E-state index is 4.44. The Hall–Kier alpha value is -1.16. The van der Waals surface area contributed by atoms with Crippen LogP contribution in [0.4, 0.5) is 5.95 Å². The number of anilines is 1. The summed E-state index contributed by atoms with van der Waals surface area (Å²) in [7, 11) is 3.90. The molecule has 0 amide bonds. The van der Waals surface area contributed by atoms with Gasteiger partial charge in [0.2, 0.25) is 5.95 Å². The third kappa shape index (κ3) is 4.57. The molecule has 1 rings (SSSR count). The Balaban J connectivity index is 2.39. The molecule has 4 heteroatoms. The lowest BCUT2D eigenvalue weighted by atomic mass is 10.1. The van der Waals surface area contributed by atoms with Crippen LogP contribution >= 0.6 is 0 Å². The molecule has 90 valence electrons. The molecule has 4 nitrogen and oxygen atoms in total. The van der Waals surface area contributed by atoms with Gasteiger partial charge in [0.1, 0.15) is 0 Å². The van der Waals surface area contributed by atoms with Crippen molar-refractivity contribution in [3.8, 4) is 0 Å². The lowest BCUT2D eigenvalue weighted by molar-refractivity contribution is 0.534. The van der Waals surface area contributed by atoms with E-state index in [2.05, 4.69) is 29.1 Å². The van der Waals surface area contributed by atoms with E-state index < -0.39 is 0 Å². The van der Waals surface area contributed by atoms with Gasteiger partial charge < -0.3 is 10.2 Å². The first-order chi connectivity index (χ1) is 7.59. The fourth-order valence-electron chi connectivity index (χ4n) is 1.31. The van der Waals surface area contributed by atoms with Gasteiger partial charge in [0, 0.05) is 26.8 Å². The molecule has 1 heterocycles. The number of hydrogen-bond donors (Lipinski definition) is 1. The van der Waals surface area contributed by atoms with Gasteiger partial charge in [-0.15, -0.1) is 0 Å². The van der Waals surface area contributed by atoms with E-state index in [1.54, 1.807) is 0 Å². The summed E-state index contributed by atoms with van der Waals surface area (Å²) in [5.74, 6) is 1.51. The fraction of sp³-hybridized carbons (Fsp3) is 0.667. The molecule has 0 atom stereocenters. The number of nitrogens with one attached hydrogen (secondary N) is 1. The first-order valence-electron chi connectivity index (χ1n) is 5.79. The van der Waals surface area contributed by atoms with Crippen molar-refractivity contribution in [3.05, 3.63) is 18.0 Å². The van der Waals surface area contributed by atoms with Crippen molar-refractivity contribution in [2.75, 3.05) is 25.5 Å². The van der Waals surface area contributed by atoms with E-state index in [1.165, 1.54) is 6.42 Å². The minimum atomic E-state index is 0.746. The van der Waals surface area contributed by atoms with Crippen LogP contribution in [-0.4, -0.2) is 30.6 Å². The molecule has 0 saturated heterocycles. The van der Waals surface area contributed by atoms with Crippen LogP contribution in [0, 0.1) is 5.92 Å². The van der Waals surface area contributed by atoms with Crippen molar-refractivity contribution in [2.45, 2.75) is 26.8 Å². The Morgan fingerprint density at radius 3 is 2.75 bits per heavy atom. The van der Waals surface area contributed by atoms with Crippen LogP contribution in [-0.2, 0) is 6.54 Å². The smallest absolute Gasteiger partial charge is 0.225 e. The number of hydrogen-bond acceptors (Lipinski definition) is 4. The standard InChI is InChI=1S/C12H22N4/c1-10(2)5-7-13-9-11-6-8-14-12(15-11)16(3)4/h6,8,10,13H,5,7,9H2,1-4H3. The van der Waals surface area contributed by atoms with E-state index in [1.807, 2.05) is 31.3 Å². The summed E-state index contributed by atoms with van der Waals surface area (Å²) in [6, 6.07) is 1.95. The van der Waals surface area contributed by atoms with E-state index in [0.717, 1.165) is 30.6 Å². The van der Waals surface area contributed by atoms with E-state index in [4.69, 9.17) is 0 Å². The van der Waals surface area contributed by atoms with Crippen molar-refractivity contribution in [1.29, 1.82) is 0 Å². The highest BCUT2D eigenvalue weighted by Gasteiger charge is 2.00. The number of aromatic nitrogens is 2. The molecule has 1 aromatic rings. The quantitative estimate of drug-likeness (QED) is 0.744. The van der Waals surface area contributed by atoms with Gasteiger partial charge in [-0.1, -0.05) is 13.8 Å². The van der Waals surface area contributed by atoms with E-state index in [-0.39, 0.29) is 0 Å². The fourth-order valence-corrected chi connectivity index (χ4v) is 1.31. The van der Waals surface area contributed by atoms with Gasteiger partial charge in [0.05, 0.1) is 5.69 Å². The monoisotopic (exact) mass is 222 g/mol. The average molecular weight is 222 g/mol. The van der Waals surface area contributed by atoms with Crippen molar-refractivity contribution < 1.29 is 0 Å². The lowest BCUT2D eigenvalue weighted by Gasteiger charge is -2.11. The summed E-state index contributed by atoms with van der Waals surface area (Å²) in [6.45, 7) is 6.32. The van der Waals surface area contributed by atoms with Crippen LogP contribution in [0.1, 0.15) is 26.0 Å². The second-order valence-corrected chi connectivity index (χ2v) is 4.60. The van der Waals surface area contributed by atoms with Gasteiger partial charge in [-0.25, -0.2) is 9.97 Å². The van der Waals surface area contributed by atoms with E-state index in [0.29, 0.717) is 0 Å². The molecule has 0 saturated carbocycles. The highest BCUT2D eigenvalue weighted by molar-refractivity contribution is 5.26. The SMILES string of the molecule is CC(C)CCNCc1ccnc(N(C)C)n1. The number of nitrogens with zero attached hydrogens (tertiary/aromatic N) is 3. The molecule has 0 radical (unpaired) electrons. The summed E-state index contributed by atoms with van der Waals surface area (Å²) < 4.78 is 0. The van der Waals surface area contributed by atoms with Crippen LogP contribution in [0.3, 0.4) is 0 Å². The van der Waals surface area contributed by atoms with Gasteiger partial charge in [0.15, 0.2) is 0 Å². The van der Waals surface area contributed by atoms with Gasteiger partial charge in [-0.3, -0.25) is 0 Å². The predicted octanol–water partition coefficient (Wildman–Crippen LogP) is 1.68. The Morgan fingerprint density at radius 1 is 1.38 bits per heavy atom. The second-order valence-electron chi connectivity index (χ2n) is 4.60. The molecular formula is C12H22N4. The van der Waals surface area contributed by atoms with Crippen LogP contribution in [0.25, 0.3) is 0 Å². The van der Waals surface area contributed by atoms with Crippen LogP contribution in [0.5, 0.6) is 0 Å². The Bertz CT molecular complexity index is 310. The molecule has 0 aliphatic carbocycles. The molecule has 0 aromatic carbocycles. The van der Waals surface area contributed by atoms with Gasteiger partial charge in [0.25, 0.3) is 0 Å². The summed E-state index contributed by atoms with van der Waals surface area (Å²) in [5, 5.41) is 3.39. The first-order valence-corrected chi connectivity index (χ1v) is 5.79. The highest BCUT2D eigenvalue weighted by Crippen LogP contribution is 2.03. The molecule has 1 aromatic heterocycles. The number of rotatable bonds is 6. The highest BCUT2D eigenvalue weighted by atomic mass is 15.2. The van der Waals surface area contributed by atoms with E-state index in [9.17, 15) is 0 Å². The molecular weight excluding hydrogens is 200 g/mol. The third-order valence-electron chi connectivity index (χ3n) is 2.31. The summed E-state index contributed by atoms with van der Waals surface area (Å²) in [6.07, 6.45) is 3.01. The van der Waals surface area contributed by atoms with Crippen molar-refractivity contribution in [1.82, 2.24) is 15.3 Å². The zero-order valence-electron chi connectivity index (χ0n) is 10.7. The average Bonchev–Trinajstić information content (AvgIpc) is 2.24. The zero-order valence-corrected chi connectivity index (χ0v) is 10.7. The second kappa shape index (κ2) is 6.43. The van der Waals surface area contributed by atoms with Gasteiger partial charge in [-0.2, -0.15) is 0 Å². The predicted molar refractivity (Wildman–Crippen MR) is 67.5 cm³/mol.